The second kappa shape index (κ2) is 7.54. The van der Waals surface area contributed by atoms with E-state index in [1.807, 2.05) is 17.8 Å². The number of ether oxygens (including phenoxy) is 2. The Balaban J connectivity index is 1.84. The number of rotatable bonds is 6. The molecular formula is C14H20O3S. The van der Waals surface area contributed by atoms with Crippen LogP contribution in [0.3, 0.4) is 0 Å². The summed E-state index contributed by atoms with van der Waals surface area (Å²) in [4.78, 5) is 1.23. The first-order chi connectivity index (χ1) is 8.90. The average Bonchev–Trinajstić information content (AvgIpc) is 2.63. The molecule has 1 aromatic rings. The molecule has 0 spiro atoms. The predicted octanol–water partition coefficient (Wildman–Crippen LogP) is 3.10. The lowest BCUT2D eigenvalue weighted by Gasteiger charge is -2.09. The molecule has 100 valence electrons. The molecule has 1 aliphatic rings. The normalized spacial score (nSPS) is 14.3. The summed E-state index contributed by atoms with van der Waals surface area (Å²) in [6.07, 6.45) is 4.08. The molecule has 0 bridgehead atoms. The Hall–Kier alpha value is -0.870. The van der Waals surface area contributed by atoms with E-state index in [1.54, 1.807) is 0 Å². The van der Waals surface area contributed by atoms with Crippen molar-refractivity contribution in [2.75, 3.05) is 25.6 Å². The Morgan fingerprint density at radius 3 is 2.72 bits per heavy atom. The van der Waals surface area contributed by atoms with Gasteiger partial charge in [0.2, 0.25) is 0 Å². The Labute approximate surface area is 112 Å². The zero-order valence-corrected chi connectivity index (χ0v) is 11.4. The van der Waals surface area contributed by atoms with Crippen LogP contribution in [0.4, 0.5) is 0 Å². The number of unbranched alkanes of at least 4 members (excludes halogenated alkanes) is 2. The predicted molar refractivity (Wildman–Crippen MR) is 73.7 cm³/mol. The van der Waals surface area contributed by atoms with Crippen LogP contribution in [0.5, 0.6) is 11.5 Å². The largest absolute Gasteiger partial charge is 0.490 e. The minimum Gasteiger partial charge on any atom is -0.490 e. The van der Waals surface area contributed by atoms with Crippen LogP contribution in [0.1, 0.15) is 25.7 Å². The lowest BCUT2D eigenvalue weighted by molar-refractivity contribution is 0.284. The van der Waals surface area contributed by atoms with Crippen LogP contribution in [0, 0.1) is 0 Å². The molecule has 1 heterocycles. The fraction of sp³-hybridized carbons (Fsp3) is 0.571. The number of aliphatic hydroxyl groups is 1. The molecule has 18 heavy (non-hydrogen) atoms. The highest BCUT2D eigenvalue weighted by Crippen LogP contribution is 2.34. The molecule has 3 nitrogen and oxygen atoms in total. The third-order valence-corrected chi connectivity index (χ3v) is 3.87. The standard InChI is InChI=1S/C14H20O3S/c15-7-2-1-3-10-18-12-5-6-13-14(11-12)17-9-4-8-16-13/h5-6,11,15H,1-4,7-10H2. The molecule has 0 saturated carbocycles. The summed E-state index contributed by atoms with van der Waals surface area (Å²) in [7, 11) is 0. The topological polar surface area (TPSA) is 38.7 Å². The number of thioether (sulfide) groups is 1. The lowest BCUT2D eigenvalue weighted by Crippen LogP contribution is -1.97. The molecule has 0 atom stereocenters. The van der Waals surface area contributed by atoms with Crippen LogP contribution < -0.4 is 9.47 Å². The highest BCUT2D eigenvalue weighted by Gasteiger charge is 2.10. The van der Waals surface area contributed by atoms with Crippen molar-refractivity contribution in [3.05, 3.63) is 18.2 Å². The zero-order chi connectivity index (χ0) is 12.6. The third-order valence-electron chi connectivity index (χ3n) is 2.79. The van der Waals surface area contributed by atoms with Gasteiger partial charge in [-0.15, -0.1) is 11.8 Å². The molecule has 1 aliphatic heterocycles. The molecule has 0 fully saturated rings. The summed E-state index contributed by atoms with van der Waals surface area (Å²) in [5.74, 6) is 2.81. The fourth-order valence-corrected chi connectivity index (χ4v) is 2.75. The highest BCUT2D eigenvalue weighted by molar-refractivity contribution is 7.99. The van der Waals surface area contributed by atoms with Crippen molar-refractivity contribution in [1.82, 2.24) is 0 Å². The average molecular weight is 268 g/mol. The summed E-state index contributed by atoms with van der Waals surface area (Å²) >= 11 is 1.83. The van der Waals surface area contributed by atoms with Crippen molar-refractivity contribution >= 4 is 11.8 Å². The Kier molecular flexibility index (Phi) is 5.68. The Morgan fingerprint density at radius 2 is 1.89 bits per heavy atom. The summed E-state index contributed by atoms with van der Waals surface area (Å²) in [6.45, 7) is 1.77. The van der Waals surface area contributed by atoms with Crippen molar-refractivity contribution in [3.63, 3.8) is 0 Å². The van der Waals surface area contributed by atoms with Gasteiger partial charge in [-0.05, 0) is 36.8 Å². The maximum absolute atomic E-state index is 8.70. The molecule has 2 rings (SSSR count). The van der Waals surface area contributed by atoms with E-state index in [4.69, 9.17) is 14.6 Å². The van der Waals surface area contributed by atoms with Gasteiger partial charge in [-0.25, -0.2) is 0 Å². The highest BCUT2D eigenvalue weighted by atomic mass is 32.2. The number of hydrogen-bond donors (Lipinski definition) is 1. The minimum absolute atomic E-state index is 0.300. The third kappa shape index (κ3) is 4.10. The Morgan fingerprint density at radius 1 is 1.06 bits per heavy atom. The van der Waals surface area contributed by atoms with E-state index >= 15 is 0 Å². The molecule has 1 N–H and O–H groups in total. The van der Waals surface area contributed by atoms with Gasteiger partial charge in [0.05, 0.1) is 13.2 Å². The van der Waals surface area contributed by atoms with Crippen LogP contribution in [-0.4, -0.2) is 30.7 Å². The van der Waals surface area contributed by atoms with Gasteiger partial charge in [0.1, 0.15) is 0 Å². The van der Waals surface area contributed by atoms with Crippen LogP contribution in [0.2, 0.25) is 0 Å². The van der Waals surface area contributed by atoms with Crippen LogP contribution >= 0.6 is 11.8 Å². The summed E-state index contributed by atoms with van der Waals surface area (Å²) in [6, 6.07) is 6.15. The van der Waals surface area contributed by atoms with Crippen molar-refractivity contribution in [2.24, 2.45) is 0 Å². The van der Waals surface area contributed by atoms with Gasteiger partial charge in [0.15, 0.2) is 11.5 Å². The second-order valence-electron chi connectivity index (χ2n) is 4.29. The maximum Gasteiger partial charge on any atom is 0.162 e. The van der Waals surface area contributed by atoms with E-state index in [9.17, 15) is 0 Å². The first kappa shape index (κ1) is 13.6. The molecule has 1 aromatic carbocycles. The molecule has 0 radical (unpaired) electrons. The smallest absolute Gasteiger partial charge is 0.162 e. The van der Waals surface area contributed by atoms with Gasteiger partial charge < -0.3 is 14.6 Å². The van der Waals surface area contributed by atoms with E-state index in [0.717, 1.165) is 56.1 Å². The van der Waals surface area contributed by atoms with Crippen molar-refractivity contribution < 1.29 is 14.6 Å². The maximum atomic E-state index is 8.70. The molecular weight excluding hydrogens is 248 g/mol. The molecule has 4 heteroatoms. The molecule has 0 aromatic heterocycles. The SMILES string of the molecule is OCCCCCSc1ccc2c(c1)OCCCO2. The Bertz CT molecular complexity index is 368. The van der Waals surface area contributed by atoms with Crippen molar-refractivity contribution in [2.45, 2.75) is 30.6 Å². The van der Waals surface area contributed by atoms with Gasteiger partial charge in [-0.3, -0.25) is 0 Å². The first-order valence-corrected chi connectivity index (χ1v) is 7.52. The lowest BCUT2D eigenvalue weighted by atomic mass is 10.3. The zero-order valence-electron chi connectivity index (χ0n) is 10.6. The van der Waals surface area contributed by atoms with Gasteiger partial charge >= 0.3 is 0 Å². The quantitative estimate of drug-likeness (QED) is 0.635. The van der Waals surface area contributed by atoms with E-state index in [0.29, 0.717) is 6.61 Å². The van der Waals surface area contributed by atoms with E-state index in [1.165, 1.54) is 4.90 Å². The second-order valence-corrected chi connectivity index (χ2v) is 5.46. The summed E-state index contributed by atoms with van der Waals surface area (Å²) in [5.41, 5.74) is 0. The van der Waals surface area contributed by atoms with Gasteiger partial charge in [0, 0.05) is 17.9 Å². The number of fused-ring (bicyclic) bond motifs is 1. The van der Waals surface area contributed by atoms with Gasteiger partial charge in [-0.1, -0.05) is 6.42 Å². The number of aliphatic hydroxyl groups excluding tert-OH is 1. The van der Waals surface area contributed by atoms with Crippen LogP contribution in [0.25, 0.3) is 0 Å². The van der Waals surface area contributed by atoms with Crippen LogP contribution in [0.15, 0.2) is 23.1 Å². The van der Waals surface area contributed by atoms with Gasteiger partial charge in [0.25, 0.3) is 0 Å². The molecule has 0 amide bonds. The molecule has 0 unspecified atom stereocenters. The van der Waals surface area contributed by atoms with Crippen LogP contribution in [-0.2, 0) is 0 Å². The van der Waals surface area contributed by atoms with Crippen molar-refractivity contribution in [3.8, 4) is 11.5 Å². The number of benzene rings is 1. The van der Waals surface area contributed by atoms with E-state index in [-0.39, 0.29) is 0 Å². The summed E-state index contributed by atoms with van der Waals surface area (Å²) in [5, 5.41) is 8.70. The van der Waals surface area contributed by atoms with Crippen molar-refractivity contribution in [1.29, 1.82) is 0 Å². The fourth-order valence-electron chi connectivity index (χ4n) is 1.81. The number of hydrogen-bond acceptors (Lipinski definition) is 4. The van der Waals surface area contributed by atoms with E-state index < -0.39 is 0 Å². The van der Waals surface area contributed by atoms with Gasteiger partial charge in [-0.2, -0.15) is 0 Å². The first-order valence-electron chi connectivity index (χ1n) is 6.53. The van der Waals surface area contributed by atoms with E-state index in [2.05, 4.69) is 12.1 Å². The molecule has 0 saturated heterocycles. The monoisotopic (exact) mass is 268 g/mol. The molecule has 0 aliphatic carbocycles. The minimum atomic E-state index is 0.300. The summed E-state index contributed by atoms with van der Waals surface area (Å²) < 4.78 is 11.3.